The van der Waals surface area contributed by atoms with Crippen LogP contribution < -0.4 is 14.8 Å². The molecule has 1 N–H and O–H groups in total. The molecule has 7 nitrogen and oxygen atoms in total. The number of nitrogens with one attached hydrogen (secondary N) is 1. The Morgan fingerprint density at radius 3 is 2.61 bits per heavy atom. The molecule has 1 aliphatic heterocycles. The molecule has 0 bridgehead atoms. The molecule has 28 heavy (non-hydrogen) atoms. The summed E-state index contributed by atoms with van der Waals surface area (Å²) in [5.41, 5.74) is 0.0743. The van der Waals surface area contributed by atoms with Gasteiger partial charge < -0.3 is 19.2 Å². The number of fused-ring (bicyclic) bond motifs is 1. The fourth-order valence-electron chi connectivity index (χ4n) is 2.81. The SMILES string of the molecule is CCNc1oc(-c2ccccc2F)nc1S(=O)(=O)c1ccc2c(c1)OCCO2. The second-order valence-electron chi connectivity index (χ2n) is 5.97. The summed E-state index contributed by atoms with van der Waals surface area (Å²) in [7, 11) is -4.05. The first kappa shape index (κ1) is 18.3. The first-order valence-corrected chi connectivity index (χ1v) is 10.1. The van der Waals surface area contributed by atoms with Gasteiger partial charge in [-0.3, -0.25) is 0 Å². The molecule has 1 aliphatic rings. The summed E-state index contributed by atoms with van der Waals surface area (Å²) in [6, 6.07) is 10.2. The van der Waals surface area contributed by atoms with Gasteiger partial charge in [0.15, 0.2) is 11.5 Å². The Morgan fingerprint density at radius 1 is 1.11 bits per heavy atom. The Balaban J connectivity index is 1.82. The zero-order chi connectivity index (χ0) is 19.7. The minimum absolute atomic E-state index is 0.0238. The predicted octanol–water partition coefficient (Wildman–Crippen LogP) is 3.52. The Morgan fingerprint density at radius 2 is 1.86 bits per heavy atom. The Labute approximate surface area is 161 Å². The Hall–Kier alpha value is -3.07. The van der Waals surface area contributed by atoms with Crippen LogP contribution in [0.4, 0.5) is 10.3 Å². The smallest absolute Gasteiger partial charge is 0.233 e. The van der Waals surface area contributed by atoms with Crippen molar-refractivity contribution >= 4 is 15.7 Å². The van der Waals surface area contributed by atoms with E-state index >= 15 is 0 Å². The van der Waals surface area contributed by atoms with Crippen molar-refractivity contribution in [2.75, 3.05) is 25.1 Å². The molecular weight excluding hydrogens is 387 g/mol. The number of sulfone groups is 1. The van der Waals surface area contributed by atoms with Crippen LogP contribution in [-0.2, 0) is 9.84 Å². The number of oxazole rings is 1. The van der Waals surface area contributed by atoms with Crippen molar-refractivity contribution in [2.45, 2.75) is 16.8 Å². The van der Waals surface area contributed by atoms with Crippen LogP contribution >= 0.6 is 0 Å². The summed E-state index contributed by atoms with van der Waals surface area (Å²) in [6.45, 7) is 2.92. The van der Waals surface area contributed by atoms with E-state index in [4.69, 9.17) is 13.9 Å². The molecule has 2 aromatic carbocycles. The molecule has 0 saturated carbocycles. The first-order chi connectivity index (χ1) is 13.5. The third kappa shape index (κ3) is 3.18. The van der Waals surface area contributed by atoms with Crippen LogP contribution in [0, 0.1) is 5.82 Å². The lowest BCUT2D eigenvalue weighted by Crippen LogP contribution is -2.16. The van der Waals surface area contributed by atoms with Gasteiger partial charge in [0.25, 0.3) is 0 Å². The molecule has 0 unspecified atom stereocenters. The maximum atomic E-state index is 14.1. The molecule has 9 heteroatoms. The number of ether oxygens (including phenoxy) is 2. The second-order valence-corrected chi connectivity index (χ2v) is 7.84. The molecule has 4 rings (SSSR count). The Kier molecular flexibility index (Phi) is 4.68. The quantitative estimate of drug-likeness (QED) is 0.696. The van der Waals surface area contributed by atoms with Crippen LogP contribution in [0.3, 0.4) is 0 Å². The number of aromatic nitrogens is 1. The summed E-state index contributed by atoms with van der Waals surface area (Å²) < 4.78 is 56.9. The van der Waals surface area contributed by atoms with E-state index in [1.807, 2.05) is 0 Å². The second kappa shape index (κ2) is 7.16. The number of rotatable bonds is 5. The van der Waals surface area contributed by atoms with Gasteiger partial charge >= 0.3 is 0 Å². The van der Waals surface area contributed by atoms with Gasteiger partial charge in [0, 0.05) is 12.6 Å². The monoisotopic (exact) mass is 404 g/mol. The average molecular weight is 404 g/mol. The third-order valence-corrected chi connectivity index (χ3v) is 5.78. The van der Waals surface area contributed by atoms with Crippen molar-refractivity contribution in [1.82, 2.24) is 4.98 Å². The molecule has 0 fully saturated rings. The fraction of sp³-hybridized carbons (Fsp3) is 0.211. The van der Waals surface area contributed by atoms with Gasteiger partial charge in [0.05, 0.1) is 10.5 Å². The van der Waals surface area contributed by atoms with E-state index in [0.717, 1.165) is 0 Å². The summed E-state index contributed by atoms with van der Waals surface area (Å²) in [4.78, 5) is 4.07. The number of benzene rings is 2. The fourth-order valence-corrected chi connectivity index (χ4v) is 4.11. The highest BCUT2D eigenvalue weighted by Gasteiger charge is 2.30. The van der Waals surface area contributed by atoms with Gasteiger partial charge in [-0.2, -0.15) is 4.98 Å². The lowest BCUT2D eigenvalue weighted by Gasteiger charge is -2.18. The van der Waals surface area contributed by atoms with Crippen molar-refractivity contribution in [2.24, 2.45) is 0 Å². The van der Waals surface area contributed by atoms with Crippen LogP contribution in [0.15, 0.2) is 56.8 Å². The van der Waals surface area contributed by atoms with E-state index in [1.54, 1.807) is 13.0 Å². The lowest BCUT2D eigenvalue weighted by molar-refractivity contribution is 0.171. The third-order valence-electron chi connectivity index (χ3n) is 4.12. The molecule has 0 spiro atoms. The van der Waals surface area contributed by atoms with Crippen molar-refractivity contribution < 1.29 is 26.7 Å². The van der Waals surface area contributed by atoms with Crippen LogP contribution in [-0.4, -0.2) is 33.2 Å². The highest BCUT2D eigenvalue weighted by molar-refractivity contribution is 7.91. The summed E-state index contributed by atoms with van der Waals surface area (Å²) in [5.74, 6) is 0.0929. The maximum absolute atomic E-state index is 14.1. The predicted molar refractivity (Wildman–Crippen MR) is 98.9 cm³/mol. The van der Waals surface area contributed by atoms with E-state index in [9.17, 15) is 12.8 Å². The molecule has 1 aromatic heterocycles. The standard InChI is InChI=1S/C19H17FN2O5S/c1-2-21-18-19(22-17(27-18)13-5-3-4-6-14(13)20)28(23,24)12-7-8-15-16(11-12)26-10-9-25-15/h3-8,11,21H,2,9-10H2,1H3. The van der Waals surface area contributed by atoms with Crippen molar-refractivity contribution in [1.29, 1.82) is 0 Å². The lowest BCUT2D eigenvalue weighted by atomic mass is 10.2. The highest BCUT2D eigenvalue weighted by atomic mass is 32.2. The van der Waals surface area contributed by atoms with Crippen molar-refractivity contribution in [3.63, 3.8) is 0 Å². The number of anilines is 1. The van der Waals surface area contributed by atoms with Crippen molar-refractivity contribution in [3.8, 4) is 23.0 Å². The van der Waals surface area contributed by atoms with E-state index in [-0.39, 0.29) is 27.3 Å². The van der Waals surface area contributed by atoms with Crippen LogP contribution in [0.2, 0.25) is 0 Å². The normalized spacial score (nSPS) is 13.4. The molecule has 0 radical (unpaired) electrons. The van der Waals surface area contributed by atoms with Gasteiger partial charge in [0.1, 0.15) is 19.0 Å². The average Bonchev–Trinajstić information content (AvgIpc) is 3.13. The number of hydrogen-bond donors (Lipinski definition) is 1. The first-order valence-electron chi connectivity index (χ1n) is 8.65. The zero-order valence-corrected chi connectivity index (χ0v) is 15.8. The molecule has 146 valence electrons. The molecule has 0 aliphatic carbocycles. The molecule has 2 heterocycles. The summed E-state index contributed by atoms with van der Waals surface area (Å²) in [5, 5.41) is 2.52. The number of nitrogens with zero attached hydrogens (tertiary/aromatic N) is 1. The van der Waals surface area contributed by atoms with Gasteiger partial charge in [-0.1, -0.05) is 12.1 Å². The minimum atomic E-state index is -4.05. The van der Waals surface area contributed by atoms with Crippen LogP contribution in [0.5, 0.6) is 11.5 Å². The molecule has 0 saturated heterocycles. The van der Waals surface area contributed by atoms with E-state index in [2.05, 4.69) is 10.3 Å². The Bertz CT molecular complexity index is 1130. The van der Waals surface area contributed by atoms with Crippen LogP contribution in [0.1, 0.15) is 6.92 Å². The maximum Gasteiger partial charge on any atom is 0.233 e. The topological polar surface area (TPSA) is 90.7 Å². The van der Waals surface area contributed by atoms with Crippen LogP contribution in [0.25, 0.3) is 11.5 Å². The minimum Gasteiger partial charge on any atom is -0.486 e. The van der Waals surface area contributed by atoms with E-state index < -0.39 is 15.7 Å². The van der Waals surface area contributed by atoms with Gasteiger partial charge in [-0.15, -0.1) is 0 Å². The van der Waals surface area contributed by atoms with E-state index in [1.165, 1.54) is 36.4 Å². The number of hydrogen-bond acceptors (Lipinski definition) is 7. The summed E-state index contributed by atoms with van der Waals surface area (Å²) >= 11 is 0. The molecule has 0 amide bonds. The largest absolute Gasteiger partial charge is 0.486 e. The number of halogens is 1. The molecular formula is C19H17FN2O5S. The van der Waals surface area contributed by atoms with Gasteiger partial charge in [-0.25, -0.2) is 12.8 Å². The molecule has 3 aromatic rings. The zero-order valence-electron chi connectivity index (χ0n) is 14.9. The van der Waals surface area contributed by atoms with E-state index in [0.29, 0.717) is 31.3 Å². The van der Waals surface area contributed by atoms with Crippen molar-refractivity contribution in [3.05, 3.63) is 48.3 Å². The highest BCUT2D eigenvalue weighted by Crippen LogP contribution is 2.37. The van der Waals surface area contributed by atoms with Gasteiger partial charge in [0.2, 0.25) is 26.6 Å². The summed E-state index contributed by atoms with van der Waals surface area (Å²) in [6.07, 6.45) is 0. The van der Waals surface area contributed by atoms with Gasteiger partial charge in [-0.05, 0) is 31.2 Å². The molecule has 0 atom stereocenters.